The van der Waals surface area contributed by atoms with E-state index in [2.05, 4.69) is 10.0 Å². The third-order valence-corrected chi connectivity index (χ3v) is 5.01. The minimum atomic E-state index is -3.71. The number of carbonyl (C=O) groups excluding carboxylic acids is 1. The molecule has 0 spiro atoms. The molecule has 0 saturated carbocycles. The molecule has 8 heteroatoms. The minimum Gasteiger partial charge on any atom is -0.321 e. The molecule has 2 aromatic rings. The molecule has 0 unspecified atom stereocenters. The number of nitrogens with zero attached hydrogens (tertiary/aromatic N) is 2. The standard InChI is InChI=1S/C18H20N4O3S/c1-22(2)11-10-20-26(24,25)16-8-5-7-14(12-16)18(23)21-17-9-4-3-6-15(17)13-19/h3-9,12,20H,10-11H2,1-2H3,(H,21,23). The number of anilines is 1. The van der Waals surface area contributed by atoms with Crippen LogP contribution in [0, 0.1) is 11.3 Å². The Labute approximate surface area is 153 Å². The largest absolute Gasteiger partial charge is 0.321 e. The van der Waals surface area contributed by atoms with Crippen LogP contribution in [0.15, 0.2) is 53.4 Å². The number of rotatable bonds is 7. The predicted octanol–water partition coefficient (Wildman–Crippen LogP) is 1.65. The van der Waals surface area contributed by atoms with E-state index in [1.807, 2.05) is 25.1 Å². The van der Waals surface area contributed by atoms with Crippen LogP contribution < -0.4 is 10.0 Å². The Morgan fingerprint density at radius 2 is 1.88 bits per heavy atom. The van der Waals surface area contributed by atoms with Gasteiger partial charge in [0, 0.05) is 18.7 Å². The Hall–Kier alpha value is -2.73. The molecule has 0 heterocycles. The lowest BCUT2D eigenvalue weighted by Crippen LogP contribution is -2.31. The van der Waals surface area contributed by atoms with Crippen molar-refractivity contribution in [3.63, 3.8) is 0 Å². The average molecular weight is 372 g/mol. The Morgan fingerprint density at radius 3 is 2.58 bits per heavy atom. The maximum atomic E-state index is 12.4. The molecule has 0 saturated heterocycles. The third kappa shape index (κ3) is 5.13. The highest BCUT2D eigenvalue weighted by Gasteiger charge is 2.16. The summed E-state index contributed by atoms with van der Waals surface area (Å²) in [6.07, 6.45) is 0. The van der Waals surface area contributed by atoms with Crippen molar-refractivity contribution in [2.45, 2.75) is 4.90 Å². The summed E-state index contributed by atoms with van der Waals surface area (Å²) >= 11 is 0. The van der Waals surface area contributed by atoms with E-state index in [0.29, 0.717) is 17.8 Å². The monoisotopic (exact) mass is 372 g/mol. The first-order valence-electron chi connectivity index (χ1n) is 7.88. The number of benzene rings is 2. The number of carbonyl (C=O) groups is 1. The molecule has 0 aliphatic heterocycles. The zero-order chi connectivity index (χ0) is 19.2. The molecule has 0 aliphatic rings. The van der Waals surface area contributed by atoms with E-state index in [-0.39, 0.29) is 17.0 Å². The van der Waals surface area contributed by atoms with Crippen molar-refractivity contribution < 1.29 is 13.2 Å². The Balaban J connectivity index is 2.18. The fourth-order valence-corrected chi connectivity index (χ4v) is 3.24. The van der Waals surface area contributed by atoms with Gasteiger partial charge in [0.1, 0.15) is 6.07 Å². The van der Waals surface area contributed by atoms with E-state index in [0.717, 1.165) is 0 Å². The maximum absolute atomic E-state index is 12.4. The zero-order valence-electron chi connectivity index (χ0n) is 14.6. The topological polar surface area (TPSA) is 102 Å². The quantitative estimate of drug-likeness (QED) is 0.769. The van der Waals surface area contributed by atoms with Gasteiger partial charge in [-0.05, 0) is 44.4 Å². The summed E-state index contributed by atoms with van der Waals surface area (Å²) in [4.78, 5) is 14.3. The van der Waals surface area contributed by atoms with Crippen LogP contribution in [-0.2, 0) is 10.0 Å². The van der Waals surface area contributed by atoms with Crippen LogP contribution >= 0.6 is 0 Å². The first kappa shape index (κ1) is 19.6. The zero-order valence-corrected chi connectivity index (χ0v) is 15.4. The van der Waals surface area contributed by atoms with Crippen LogP contribution in [0.25, 0.3) is 0 Å². The van der Waals surface area contributed by atoms with Gasteiger partial charge < -0.3 is 10.2 Å². The van der Waals surface area contributed by atoms with Gasteiger partial charge in [0.15, 0.2) is 0 Å². The van der Waals surface area contributed by atoms with Gasteiger partial charge in [-0.1, -0.05) is 18.2 Å². The molecular weight excluding hydrogens is 352 g/mol. The average Bonchev–Trinajstić information content (AvgIpc) is 2.61. The summed E-state index contributed by atoms with van der Waals surface area (Å²) in [6.45, 7) is 0.825. The number of amides is 1. The van der Waals surface area contributed by atoms with E-state index in [1.165, 1.54) is 24.3 Å². The molecule has 1 amide bonds. The second-order valence-corrected chi connectivity index (χ2v) is 7.61. The van der Waals surface area contributed by atoms with E-state index < -0.39 is 15.9 Å². The van der Waals surface area contributed by atoms with Crippen LogP contribution in [0.4, 0.5) is 5.69 Å². The predicted molar refractivity (Wildman–Crippen MR) is 99.3 cm³/mol. The van der Waals surface area contributed by atoms with Gasteiger partial charge in [-0.15, -0.1) is 0 Å². The van der Waals surface area contributed by atoms with Crippen molar-refractivity contribution in [3.8, 4) is 6.07 Å². The fraction of sp³-hybridized carbons (Fsp3) is 0.222. The fourth-order valence-electron chi connectivity index (χ4n) is 2.18. The van der Waals surface area contributed by atoms with Gasteiger partial charge in [0.2, 0.25) is 10.0 Å². The van der Waals surface area contributed by atoms with E-state index in [9.17, 15) is 13.2 Å². The molecule has 2 aromatic carbocycles. The molecule has 7 nitrogen and oxygen atoms in total. The Bertz CT molecular complexity index is 933. The number of hydrogen-bond acceptors (Lipinski definition) is 5. The Kier molecular flexibility index (Phi) is 6.46. The van der Waals surface area contributed by atoms with E-state index >= 15 is 0 Å². The minimum absolute atomic E-state index is 0.0116. The van der Waals surface area contributed by atoms with Gasteiger partial charge >= 0.3 is 0 Å². The van der Waals surface area contributed by atoms with Crippen LogP contribution in [0.2, 0.25) is 0 Å². The number of para-hydroxylation sites is 1. The van der Waals surface area contributed by atoms with Crippen molar-refractivity contribution in [3.05, 3.63) is 59.7 Å². The van der Waals surface area contributed by atoms with Crippen molar-refractivity contribution in [1.82, 2.24) is 9.62 Å². The van der Waals surface area contributed by atoms with E-state index in [4.69, 9.17) is 5.26 Å². The van der Waals surface area contributed by atoms with Crippen molar-refractivity contribution in [2.75, 3.05) is 32.5 Å². The lowest BCUT2D eigenvalue weighted by atomic mass is 10.1. The lowest BCUT2D eigenvalue weighted by Gasteiger charge is -2.12. The second kappa shape index (κ2) is 8.58. The second-order valence-electron chi connectivity index (χ2n) is 5.84. The molecule has 0 fully saturated rings. The maximum Gasteiger partial charge on any atom is 0.255 e. The summed E-state index contributed by atoms with van der Waals surface area (Å²) in [7, 11) is -0.0155. The van der Waals surface area contributed by atoms with Crippen LogP contribution in [-0.4, -0.2) is 46.4 Å². The number of likely N-dealkylation sites (N-methyl/N-ethyl adjacent to an activating group) is 1. The molecule has 0 atom stereocenters. The van der Waals surface area contributed by atoms with Gasteiger partial charge in [0.25, 0.3) is 5.91 Å². The summed E-state index contributed by atoms with van der Waals surface area (Å²) in [6, 6.07) is 14.3. The van der Waals surface area contributed by atoms with Gasteiger partial charge in [-0.2, -0.15) is 5.26 Å². The summed E-state index contributed by atoms with van der Waals surface area (Å²) in [5.74, 6) is -0.488. The Morgan fingerprint density at radius 1 is 1.15 bits per heavy atom. The highest BCUT2D eigenvalue weighted by atomic mass is 32.2. The molecule has 2 rings (SSSR count). The normalized spacial score (nSPS) is 11.2. The van der Waals surface area contributed by atoms with Crippen LogP contribution in [0.5, 0.6) is 0 Å². The first-order valence-corrected chi connectivity index (χ1v) is 9.37. The van der Waals surface area contributed by atoms with Crippen molar-refractivity contribution in [1.29, 1.82) is 5.26 Å². The number of nitriles is 1. The smallest absolute Gasteiger partial charge is 0.255 e. The number of sulfonamides is 1. The lowest BCUT2D eigenvalue weighted by molar-refractivity contribution is 0.102. The summed E-state index contributed by atoms with van der Waals surface area (Å²) in [5, 5.41) is 11.7. The van der Waals surface area contributed by atoms with Crippen LogP contribution in [0.1, 0.15) is 15.9 Å². The van der Waals surface area contributed by atoms with Gasteiger partial charge in [-0.25, -0.2) is 13.1 Å². The molecular formula is C18H20N4O3S. The van der Waals surface area contributed by atoms with Gasteiger partial charge in [0.05, 0.1) is 16.1 Å². The number of hydrogen-bond donors (Lipinski definition) is 2. The molecule has 26 heavy (non-hydrogen) atoms. The molecule has 2 N–H and O–H groups in total. The highest BCUT2D eigenvalue weighted by Crippen LogP contribution is 2.17. The van der Waals surface area contributed by atoms with Gasteiger partial charge in [-0.3, -0.25) is 4.79 Å². The van der Waals surface area contributed by atoms with Crippen molar-refractivity contribution in [2.24, 2.45) is 0 Å². The summed E-state index contributed by atoms with van der Waals surface area (Å²) < 4.78 is 27.2. The number of nitrogens with one attached hydrogen (secondary N) is 2. The molecule has 0 aliphatic carbocycles. The first-order chi connectivity index (χ1) is 12.3. The molecule has 0 aromatic heterocycles. The molecule has 0 radical (unpaired) electrons. The van der Waals surface area contributed by atoms with Crippen LogP contribution in [0.3, 0.4) is 0 Å². The summed E-state index contributed by atoms with van der Waals surface area (Å²) in [5.41, 5.74) is 0.889. The van der Waals surface area contributed by atoms with Crippen molar-refractivity contribution >= 4 is 21.6 Å². The third-order valence-electron chi connectivity index (χ3n) is 3.55. The SMILES string of the molecule is CN(C)CCNS(=O)(=O)c1cccc(C(=O)Nc2ccccc2C#N)c1. The molecule has 0 bridgehead atoms. The molecule has 136 valence electrons. The van der Waals surface area contributed by atoms with E-state index in [1.54, 1.807) is 24.3 Å². The highest BCUT2D eigenvalue weighted by molar-refractivity contribution is 7.89.